The summed E-state index contributed by atoms with van der Waals surface area (Å²) >= 11 is 0. The lowest BCUT2D eigenvalue weighted by Gasteiger charge is -2.14. The average Bonchev–Trinajstić information content (AvgIpc) is 2.96. The second-order valence-electron chi connectivity index (χ2n) is 5.95. The van der Waals surface area contributed by atoms with Crippen molar-refractivity contribution in [3.05, 3.63) is 35.6 Å². The summed E-state index contributed by atoms with van der Waals surface area (Å²) in [6.45, 7) is 2.67. The van der Waals surface area contributed by atoms with E-state index in [9.17, 15) is 9.18 Å². The Morgan fingerprint density at radius 1 is 1.30 bits per heavy atom. The number of benzene rings is 1. The van der Waals surface area contributed by atoms with Crippen molar-refractivity contribution >= 4 is 5.91 Å². The van der Waals surface area contributed by atoms with Crippen molar-refractivity contribution in [3.63, 3.8) is 0 Å². The number of carbonyl (C=O) groups is 1. The Labute approximate surface area is 120 Å². The third-order valence-electron chi connectivity index (χ3n) is 4.30. The van der Waals surface area contributed by atoms with Gasteiger partial charge in [-0.1, -0.05) is 44.7 Å². The smallest absolute Gasteiger partial charge is 0.220 e. The number of rotatable bonds is 6. The molecule has 0 saturated heterocycles. The van der Waals surface area contributed by atoms with Crippen LogP contribution in [0.2, 0.25) is 0 Å². The highest BCUT2D eigenvalue weighted by atomic mass is 19.1. The third kappa shape index (κ3) is 4.62. The number of hydrogen-bond donors (Lipinski definition) is 1. The second kappa shape index (κ2) is 7.41. The Kier molecular flexibility index (Phi) is 5.57. The van der Waals surface area contributed by atoms with Crippen molar-refractivity contribution in [2.45, 2.75) is 51.4 Å². The molecule has 0 heterocycles. The molecule has 1 unspecified atom stereocenters. The highest BCUT2D eigenvalue weighted by Gasteiger charge is 2.16. The van der Waals surface area contributed by atoms with Gasteiger partial charge in [0.05, 0.1) is 0 Å². The minimum atomic E-state index is -0.221. The molecule has 20 heavy (non-hydrogen) atoms. The molecule has 0 spiro atoms. The first kappa shape index (κ1) is 15.0. The summed E-state index contributed by atoms with van der Waals surface area (Å²) in [5.74, 6) is 0.897. The highest BCUT2D eigenvalue weighted by Crippen LogP contribution is 2.28. The van der Waals surface area contributed by atoms with Crippen LogP contribution >= 0.6 is 0 Å². The van der Waals surface area contributed by atoms with E-state index in [1.807, 2.05) is 6.92 Å². The zero-order valence-corrected chi connectivity index (χ0v) is 12.2. The van der Waals surface area contributed by atoms with Crippen LogP contribution in [0.1, 0.15) is 56.9 Å². The minimum absolute atomic E-state index is 0.144. The SMILES string of the molecule is CC(CNC(=O)CCC1CCCC1)c1ccc(F)cc1. The molecule has 1 aliphatic rings. The molecule has 0 radical (unpaired) electrons. The molecule has 1 aromatic rings. The van der Waals surface area contributed by atoms with Crippen LogP contribution in [0.15, 0.2) is 24.3 Å². The monoisotopic (exact) mass is 277 g/mol. The minimum Gasteiger partial charge on any atom is -0.356 e. The van der Waals surface area contributed by atoms with Crippen LogP contribution in [0.4, 0.5) is 4.39 Å². The average molecular weight is 277 g/mol. The molecule has 1 saturated carbocycles. The van der Waals surface area contributed by atoms with Crippen LogP contribution in [0.25, 0.3) is 0 Å². The van der Waals surface area contributed by atoms with E-state index in [-0.39, 0.29) is 17.6 Å². The van der Waals surface area contributed by atoms with Crippen LogP contribution < -0.4 is 5.32 Å². The fourth-order valence-electron chi connectivity index (χ4n) is 2.90. The molecule has 1 aromatic carbocycles. The van der Waals surface area contributed by atoms with E-state index < -0.39 is 0 Å². The van der Waals surface area contributed by atoms with Crippen molar-refractivity contribution in [1.29, 1.82) is 0 Å². The van der Waals surface area contributed by atoms with Crippen molar-refractivity contribution in [3.8, 4) is 0 Å². The van der Waals surface area contributed by atoms with Crippen LogP contribution in [0.3, 0.4) is 0 Å². The van der Waals surface area contributed by atoms with Gasteiger partial charge in [-0.05, 0) is 36.0 Å². The Hall–Kier alpha value is -1.38. The lowest BCUT2D eigenvalue weighted by atomic mass is 10.00. The molecule has 2 nitrogen and oxygen atoms in total. The van der Waals surface area contributed by atoms with Gasteiger partial charge in [-0.2, -0.15) is 0 Å². The topological polar surface area (TPSA) is 29.1 Å². The van der Waals surface area contributed by atoms with E-state index in [1.54, 1.807) is 12.1 Å². The molecule has 1 atom stereocenters. The molecule has 1 aliphatic carbocycles. The zero-order valence-electron chi connectivity index (χ0n) is 12.2. The summed E-state index contributed by atoms with van der Waals surface area (Å²) < 4.78 is 12.8. The largest absolute Gasteiger partial charge is 0.356 e. The molecule has 1 fully saturated rings. The van der Waals surface area contributed by atoms with Gasteiger partial charge in [0, 0.05) is 13.0 Å². The molecule has 3 heteroatoms. The molecular weight excluding hydrogens is 253 g/mol. The van der Waals surface area contributed by atoms with Gasteiger partial charge >= 0.3 is 0 Å². The van der Waals surface area contributed by atoms with E-state index in [1.165, 1.54) is 37.8 Å². The first-order valence-electron chi connectivity index (χ1n) is 7.67. The number of hydrogen-bond acceptors (Lipinski definition) is 1. The number of amides is 1. The maximum absolute atomic E-state index is 12.8. The summed E-state index contributed by atoms with van der Waals surface area (Å²) in [6.07, 6.45) is 6.90. The van der Waals surface area contributed by atoms with Crippen LogP contribution in [0.5, 0.6) is 0 Å². The van der Waals surface area contributed by atoms with Gasteiger partial charge in [0.15, 0.2) is 0 Å². The standard InChI is InChI=1S/C17H24FNO/c1-13(15-7-9-16(18)10-8-15)12-19-17(20)11-6-14-4-2-3-5-14/h7-10,13-14H,2-6,11-12H2,1H3,(H,19,20). The van der Waals surface area contributed by atoms with E-state index in [0.717, 1.165) is 17.9 Å². The normalized spacial score (nSPS) is 17.1. The van der Waals surface area contributed by atoms with Gasteiger partial charge < -0.3 is 5.32 Å². The summed E-state index contributed by atoms with van der Waals surface area (Å²) in [7, 11) is 0. The predicted octanol–water partition coefficient (Wildman–Crippen LogP) is 4.02. The Bertz CT molecular complexity index is 423. The molecule has 1 N–H and O–H groups in total. The Morgan fingerprint density at radius 3 is 2.60 bits per heavy atom. The van der Waals surface area contributed by atoms with E-state index in [4.69, 9.17) is 0 Å². The first-order valence-corrected chi connectivity index (χ1v) is 7.67. The lowest BCUT2D eigenvalue weighted by molar-refractivity contribution is -0.121. The maximum Gasteiger partial charge on any atom is 0.220 e. The Balaban J connectivity index is 1.68. The summed E-state index contributed by atoms with van der Waals surface area (Å²) in [5, 5.41) is 2.99. The van der Waals surface area contributed by atoms with Gasteiger partial charge in [-0.25, -0.2) is 4.39 Å². The molecule has 0 aliphatic heterocycles. The van der Waals surface area contributed by atoms with Crippen molar-refractivity contribution in [2.24, 2.45) is 5.92 Å². The predicted molar refractivity (Wildman–Crippen MR) is 79.0 cm³/mol. The first-order chi connectivity index (χ1) is 9.65. The van der Waals surface area contributed by atoms with E-state index >= 15 is 0 Å². The van der Waals surface area contributed by atoms with E-state index in [2.05, 4.69) is 5.32 Å². The summed E-state index contributed by atoms with van der Waals surface area (Å²) in [5.41, 5.74) is 1.06. The zero-order chi connectivity index (χ0) is 14.4. The van der Waals surface area contributed by atoms with Crippen molar-refractivity contribution < 1.29 is 9.18 Å². The van der Waals surface area contributed by atoms with Gasteiger partial charge in [0.2, 0.25) is 5.91 Å². The van der Waals surface area contributed by atoms with Crippen LogP contribution in [-0.2, 0) is 4.79 Å². The molecule has 110 valence electrons. The molecule has 2 rings (SSSR count). The van der Waals surface area contributed by atoms with Crippen LogP contribution in [-0.4, -0.2) is 12.5 Å². The lowest BCUT2D eigenvalue weighted by Crippen LogP contribution is -2.27. The molecule has 0 aromatic heterocycles. The molecule has 1 amide bonds. The van der Waals surface area contributed by atoms with Gasteiger partial charge in [0.1, 0.15) is 5.82 Å². The number of carbonyl (C=O) groups excluding carboxylic acids is 1. The van der Waals surface area contributed by atoms with E-state index in [0.29, 0.717) is 13.0 Å². The third-order valence-corrected chi connectivity index (χ3v) is 4.30. The summed E-state index contributed by atoms with van der Waals surface area (Å²) in [6, 6.07) is 6.50. The number of halogens is 1. The number of nitrogens with one attached hydrogen (secondary N) is 1. The molecular formula is C17H24FNO. The summed E-state index contributed by atoms with van der Waals surface area (Å²) in [4.78, 5) is 11.8. The van der Waals surface area contributed by atoms with Gasteiger partial charge in [0.25, 0.3) is 0 Å². The quantitative estimate of drug-likeness (QED) is 0.836. The Morgan fingerprint density at radius 2 is 1.95 bits per heavy atom. The highest BCUT2D eigenvalue weighted by molar-refractivity contribution is 5.75. The van der Waals surface area contributed by atoms with Gasteiger partial charge in [-0.15, -0.1) is 0 Å². The fourth-order valence-corrected chi connectivity index (χ4v) is 2.90. The van der Waals surface area contributed by atoms with Crippen LogP contribution in [0, 0.1) is 11.7 Å². The molecule has 0 bridgehead atoms. The maximum atomic E-state index is 12.8. The van der Waals surface area contributed by atoms with Crippen molar-refractivity contribution in [2.75, 3.05) is 6.54 Å². The van der Waals surface area contributed by atoms with Gasteiger partial charge in [-0.3, -0.25) is 4.79 Å². The second-order valence-corrected chi connectivity index (χ2v) is 5.95. The fraction of sp³-hybridized carbons (Fsp3) is 0.588. The van der Waals surface area contributed by atoms with Crippen molar-refractivity contribution in [1.82, 2.24) is 5.32 Å².